The third-order valence-corrected chi connectivity index (χ3v) is 2.69. The Hall–Kier alpha value is -0.200. The van der Waals surface area contributed by atoms with Gasteiger partial charge in [0, 0.05) is 26.2 Å². The Morgan fingerprint density at radius 3 is 2.60 bits per heavy atom. The van der Waals surface area contributed by atoms with Gasteiger partial charge in [-0.25, -0.2) is 0 Å². The normalized spacial score (nSPS) is 21.8. The summed E-state index contributed by atoms with van der Waals surface area (Å²) in [4.78, 5) is 2.16. The summed E-state index contributed by atoms with van der Waals surface area (Å²) in [5, 5.41) is 18.0. The van der Waals surface area contributed by atoms with Crippen LogP contribution in [0.15, 0.2) is 0 Å². The van der Waals surface area contributed by atoms with Crippen molar-refractivity contribution < 1.29 is 14.9 Å². The van der Waals surface area contributed by atoms with Gasteiger partial charge < -0.3 is 25.6 Å². The smallest absolute Gasteiger partial charge is 0.0897 e. The molecule has 1 heterocycles. The van der Waals surface area contributed by atoms with E-state index in [-0.39, 0.29) is 6.61 Å². The number of likely N-dealkylation sites (tertiary alicyclic amines) is 1. The van der Waals surface area contributed by atoms with Gasteiger partial charge >= 0.3 is 0 Å². The van der Waals surface area contributed by atoms with Crippen LogP contribution >= 0.6 is 0 Å². The van der Waals surface area contributed by atoms with Crippen LogP contribution in [0.5, 0.6) is 0 Å². The Morgan fingerprint density at radius 2 is 2.07 bits per heavy atom. The van der Waals surface area contributed by atoms with Crippen molar-refractivity contribution in [2.75, 3.05) is 39.4 Å². The molecular weight excluding hydrogens is 196 g/mol. The highest BCUT2D eigenvalue weighted by Gasteiger charge is 2.20. The van der Waals surface area contributed by atoms with E-state index in [0.717, 1.165) is 25.9 Å². The highest BCUT2D eigenvalue weighted by Crippen LogP contribution is 2.13. The first-order valence-corrected chi connectivity index (χ1v) is 5.59. The lowest BCUT2D eigenvalue weighted by atomic mass is 10.1. The highest BCUT2D eigenvalue weighted by atomic mass is 16.5. The first kappa shape index (κ1) is 12.9. The predicted molar refractivity (Wildman–Crippen MR) is 57.6 cm³/mol. The number of hydrogen-bond donors (Lipinski definition) is 3. The Labute approximate surface area is 90.8 Å². The third-order valence-electron chi connectivity index (χ3n) is 2.69. The molecule has 5 heteroatoms. The summed E-state index contributed by atoms with van der Waals surface area (Å²) in [6, 6.07) is 0. The molecule has 1 unspecified atom stereocenters. The van der Waals surface area contributed by atoms with Gasteiger partial charge in [-0.05, 0) is 12.8 Å². The van der Waals surface area contributed by atoms with Gasteiger partial charge in [-0.3, -0.25) is 0 Å². The van der Waals surface area contributed by atoms with Gasteiger partial charge in [0.05, 0.1) is 25.4 Å². The van der Waals surface area contributed by atoms with E-state index in [2.05, 4.69) is 4.90 Å². The van der Waals surface area contributed by atoms with Gasteiger partial charge in [-0.2, -0.15) is 0 Å². The Kier molecular flexibility index (Phi) is 6.12. The van der Waals surface area contributed by atoms with Crippen molar-refractivity contribution >= 4 is 0 Å². The van der Waals surface area contributed by atoms with Crippen LogP contribution in [0.1, 0.15) is 12.8 Å². The zero-order chi connectivity index (χ0) is 11.1. The maximum Gasteiger partial charge on any atom is 0.0897 e. The molecule has 90 valence electrons. The van der Waals surface area contributed by atoms with E-state index < -0.39 is 6.10 Å². The fourth-order valence-electron chi connectivity index (χ4n) is 1.85. The molecule has 0 aromatic carbocycles. The number of nitrogens with two attached hydrogens (primary N) is 1. The number of nitrogens with zero attached hydrogens (tertiary/aromatic N) is 1. The minimum atomic E-state index is -0.619. The molecule has 1 fully saturated rings. The lowest BCUT2D eigenvalue weighted by Crippen LogP contribution is -2.42. The second kappa shape index (κ2) is 7.14. The third kappa shape index (κ3) is 4.90. The average Bonchev–Trinajstić information content (AvgIpc) is 2.28. The van der Waals surface area contributed by atoms with Crippen LogP contribution in [-0.2, 0) is 4.74 Å². The molecule has 0 aromatic heterocycles. The average molecular weight is 218 g/mol. The molecule has 1 aliphatic rings. The number of β-amino-alcohol motifs (C(OH)–C–C–N with tert-alkyl or cyclic N) is 1. The van der Waals surface area contributed by atoms with Crippen LogP contribution in [0.2, 0.25) is 0 Å². The molecule has 0 bridgehead atoms. The molecule has 1 rings (SSSR count). The fourth-order valence-corrected chi connectivity index (χ4v) is 1.85. The molecule has 0 aromatic rings. The van der Waals surface area contributed by atoms with E-state index in [4.69, 9.17) is 15.6 Å². The van der Waals surface area contributed by atoms with Crippen molar-refractivity contribution in [3.8, 4) is 0 Å². The lowest BCUT2D eigenvalue weighted by molar-refractivity contribution is -0.00539. The van der Waals surface area contributed by atoms with E-state index >= 15 is 0 Å². The van der Waals surface area contributed by atoms with Gasteiger partial charge in [0.2, 0.25) is 0 Å². The van der Waals surface area contributed by atoms with E-state index in [0.29, 0.717) is 25.8 Å². The van der Waals surface area contributed by atoms with Crippen molar-refractivity contribution in [1.82, 2.24) is 4.90 Å². The van der Waals surface area contributed by atoms with E-state index in [1.807, 2.05) is 0 Å². The van der Waals surface area contributed by atoms with Crippen LogP contribution in [-0.4, -0.2) is 66.7 Å². The summed E-state index contributed by atoms with van der Waals surface area (Å²) < 4.78 is 5.55. The molecule has 0 spiro atoms. The molecule has 4 N–H and O–H groups in total. The molecule has 1 saturated heterocycles. The Balaban J connectivity index is 2.12. The first-order chi connectivity index (χ1) is 7.26. The van der Waals surface area contributed by atoms with E-state index in [1.165, 1.54) is 0 Å². The Bertz CT molecular complexity index is 161. The lowest BCUT2D eigenvalue weighted by Gasteiger charge is -2.32. The molecule has 0 amide bonds. The van der Waals surface area contributed by atoms with Crippen molar-refractivity contribution in [3.63, 3.8) is 0 Å². The monoisotopic (exact) mass is 218 g/mol. The van der Waals surface area contributed by atoms with Crippen LogP contribution in [0.3, 0.4) is 0 Å². The first-order valence-electron chi connectivity index (χ1n) is 5.59. The number of piperidine rings is 1. The summed E-state index contributed by atoms with van der Waals surface area (Å²) in [5.74, 6) is 0. The molecule has 15 heavy (non-hydrogen) atoms. The number of hydrogen-bond acceptors (Lipinski definition) is 5. The molecule has 1 aliphatic heterocycles. The zero-order valence-electron chi connectivity index (χ0n) is 9.14. The molecule has 0 saturated carbocycles. The van der Waals surface area contributed by atoms with Gasteiger partial charge in [0.1, 0.15) is 0 Å². The van der Waals surface area contributed by atoms with Crippen molar-refractivity contribution in [2.24, 2.45) is 5.73 Å². The van der Waals surface area contributed by atoms with Crippen LogP contribution in [0.25, 0.3) is 0 Å². The van der Waals surface area contributed by atoms with Gasteiger partial charge in [0.25, 0.3) is 0 Å². The minimum Gasteiger partial charge on any atom is -0.394 e. The number of ether oxygens (including phenoxy) is 1. The Morgan fingerprint density at radius 1 is 1.40 bits per heavy atom. The minimum absolute atomic E-state index is 0.163. The quantitative estimate of drug-likeness (QED) is 0.521. The molecule has 0 radical (unpaired) electrons. The number of aliphatic hydroxyl groups excluding tert-OH is 2. The number of aliphatic hydroxyl groups is 2. The summed E-state index contributed by atoms with van der Waals surface area (Å²) >= 11 is 0. The van der Waals surface area contributed by atoms with Crippen molar-refractivity contribution in [2.45, 2.75) is 25.0 Å². The molecule has 5 nitrogen and oxygen atoms in total. The van der Waals surface area contributed by atoms with Gasteiger partial charge in [-0.1, -0.05) is 0 Å². The van der Waals surface area contributed by atoms with Crippen LogP contribution in [0, 0.1) is 0 Å². The van der Waals surface area contributed by atoms with E-state index in [9.17, 15) is 5.11 Å². The maximum absolute atomic E-state index is 9.28. The van der Waals surface area contributed by atoms with Crippen molar-refractivity contribution in [3.05, 3.63) is 0 Å². The van der Waals surface area contributed by atoms with Crippen molar-refractivity contribution in [1.29, 1.82) is 0 Å². The standard InChI is InChI=1S/C10H22N2O3/c11-3-6-15-10-1-4-12(5-2-10)7-9(14)8-13/h9-10,13-14H,1-8,11H2. The topological polar surface area (TPSA) is 79.0 Å². The maximum atomic E-state index is 9.28. The van der Waals surface area contributed by atoms with Gasteiger partial charge in [0.15, 0.2) is 0 Å². The summed E-state index contributed by atoms with van der Waals surface area (Å²) in [6.07, 6.45) is 1.67. The summed E-state index contributed by atoms with van der Waals surface area (Å²) in [6.45, 7) is 3.44. The second-order valence-electron chi connectivity index (χ2n) is 4.00. The van der Waals surface area contributed by atoms with E-state index in [1.54, 1.807) is 0 Å². The van der Waals surface area contributed by atoms with Crippen LogP contribution in [0.4, 0.5) is 0 Å². The predicted octanol–water partition coefficient (Wildman–Crippen LogP) is -1.22. The number of rotatable bonds is 6. The highest BCUT2D eigenvalue weighted by molar-refractivity contribution is 4.74. The summed E-state index contributed by atoms with van der Waals surface area (Å²) in [7, 11) is 0. The SMILES string of the molecule is NCCOC1CCN(CC(O)CO)CC1. The van der Waals surface area contributed by atoms with Gasteiger partial charge in [-0.15, -0.1) is 0 Å². The fraction of sp³-hybridized carbons (Fsp3) is 1.00. The summed E-state index contributed by atoms with van der Waals surface area (Å²) in [5.41, 5.74) is 5.36. The largest absolute Gasteiger partial charge is 0.394 e. The van der Waals surface area contributed by atoms with Crippen LogP contribution < -0.4 is 5.73 Å². The zero-order valence-corrected chi connectivity index (χ0v) is 9.14. The molecule has 0 aliphatic carbocycles. The molecule has 1 atom stereocenters. The second-order valence-corrected chi connectivity index (χ2v) is 4.00. The molecular formula is C10H22N2O3.